The van der Waals surface area contributed by atoms with Gasteiger partial charge in [-0.1, -0.05) is 6.92 Å². The van der Waals surface area contributed by atoms with Crippen LogP contribution in [0.5, 0.6) is 0 Å². The van der Waals surface area contributed by atoms with Crippen molar-refractivity contribution in [1.82, 2.24) is 0 Å². The number of aliphatic hydroxyl groups is 3. The van der Waals surface area contributed by atoms with Gasteiger partial charge >= 0.3 is 5.97 Å². The number of hydrogen-bond donors (Lipinski definition) is 3. The Labute approximate surface area is 230 Å². The van der Waals surface area contributed by atoms with Gasteiger partial charge in [0.15, 0.2) is 6.29 Å². The quantitative estimate of drug-likeness (QED) is 0.269. The first-order valence-corrected chi connectivity index (χ1v) is 14.8. The molecule has 2 heterocycles. The highest BCUT2D eigenvalue weighted by molar-refractivity contribution is 5.85. The molecule has 5 fully saturated rings. The lowest BCUT2D eigenvalue weighted by molar-refractivity contribution is -0.287. The number of hydrogen-bond acceptors (Lipinski definition) is 9. The second kappa shape index (κ2) is 9.60. The minimum Gasteiger partial charge on any atom is -0.458 e. The Kier molecular flexibility index (Phi) is 6.84. The fraction of sp³-hybridized carbons (Fsp3) is 0.867. The first-order chi connectivity index (χ1) is 18.5. The largest absolute Gasteiger partial charge is 0.458 e. The van der Waals surface area contributed by atoms with Crippen molar-refractivity contribution in [1.29, 1.82) is 0 Å². The second-order valence-electron chi connectivity index (χ2n) is 13.5. The van der Waals surface area contributed by atoms with E-state index in [1.54, 1.807) is 20.1 Å². The molecule has 6 aliphatic rings. The lowest BCUT2D eigenvalue weighted by Gasteiger charge is -2.65. The third-order valence-electron chi connectivity index (χ3n) is 12.1. The number of carbonyl (C=O) groups excluding carboxylic acids is 2. The summed E-state index contributed by atoms with van der Waals surface area (Å²) in [6, 6.07) is 0. The van der Waals surface area contributed by atoms with E-state index in [1.807, 2.05) is 0 Å². The highest BCUT2D eigenvalue weighted by Crippen LogP contribution is 2.70. The van der Waals surface area contributed by atoms with Crippen LogP contribution >= 0.6 is 0 Å². The zero-order valence-corrected chi connectivity index (χ0v) is 23.3. The molecule has 0 spiro atoms. The molecule has 4 saturated carbocycles. The SMILES string of the molecule is CO[C@H]1C[C@@H](O[C@H]2CC[C@]3(C=O)[C@H]4CC[C@]5(C)[C@@H](C6=CC(=O)OC6)CC[C@]5(O)[C@@H]4CC[C@]3(O)C2)O[C@@H](C)[C@H]1O. The molecule has 3 N–H and O–H groups in total. The number of esters is 1. The molecule has 218 valence electrons. The molecule has 0 aromatic carbocycles. The fourth-order valence-electron chi connectivity index (χ4n) is 9.98. The Balaban J connectivity index is 1.21. The topological polar surface area (TPSA) is 132 Å². The van der Waals surface area contributed by atoms with Crippen LogP contribution in [-0.4, -0.2) is 83.2 Å². The molecule has 9 heteroatoms. The van der Waals surface area contributed by atoms with E-state index in [0.29, 0.717) is 51.6 Å². The van der Waals surface area contributed by atoms with Gasteiger partial charge in [-0.15, -0.1) is 0 Å². The van der Waals surface area contributed by atoms with Crippen molar-refractivity contribution in [3.63, 3.8) is 0 Å². The van der Waals surface area contributed by atoms with Crippen LogP contribution in [0, 0.1) is 28.6 Å². The number of aliphatic hydroxyl groups excluding tert-OH is 1. The fourth-order valence-corrected chi connectivity index (χ4v) is 9.98. The normalized spacial score (nSPS) is 53.3. The smallest absolute Gasteiger partial charge is 0.331 e. The van der Waals surface area contributed by atoms with Gasteiger partial charge in [-0.3, -0.25) is 0 Å². The molecule has 6 rings (SSSR count). The van der Waals surface area contributed by atoms with Crippen LogP contribution in [0.3, 0.4) is 0 Å². The van der Waals surface area contributed by atoms with Crippen molar-refractivity contribution in [3.05, 3.63) is 11.6 Å². The van der Waals surface area contributed by atoms with Gasteiger partial charge in [-0.25, -0.2) is 4.79 Å². The summed E-state index contributed by atoms with van der Waals surface area (Å²) in [5, 5.41) is 34.8. The van der Waals surface area contributed by atoms with Crippen molar-refractivity contribution in [2.24, 2.45) is 28.6 Å². The standard InChI is InChI=1S/C30H44O9/c1-17-26(33)23(36-3)13-25(38-17)39-19-4-9-28(16-31)21-5-8-27(2)20(18-12-24(32)37-15-18)7-11-30(27,35)22(21)6-10-29(28,34)14-19/h12,16-17,19-23,25-26,33-35H,4-11,13-15H2,1-3H3/t17-,19-,20+,21-,22+,23-,25+,26+,27+,28-,29-,30-/m0/s1. The minimum absolute atomic E-state index is 0.0827. The Bertz CT molecular complexity index is 1030. The Morgan fingerprint density at radius 1 is 1.08 bits per heavy atom. The molecular formula is C30H44O9. The molecule has 0 aromatic heterocycles. The van der Waals surface area contributed by atoms with E-state index in [1.165, 1.54) is 0 Å². The van der Waals surface area contributed by atoms with Crippen molar-refractivity contribution in [3.8, 4) is 0 Å². The van der Waals surface area contributed by atoms with Gasteiger partial charge in [0.05, 0.1) is 34.9 Å². The summed E-state index contributed by atoms with van der Waals surface area (Å²) in [6.45, 7) is 4.25. The van der Waals surface area contributed by atoms with Crippen LogP contribution in [0.15, 0.2) is 11.6 Å². The van der Waals surface area contributed by atoms with Gasteiger partial charge in [-0.2, -0.15) is 0 Å². The van der Waals surface area contributed by atoms with Gasteiger partial charge in [0.25, 0.3) is 0 Å². The van der Waals surface area contributed by atoms with Crippen molar-refractivity contribution >= 4 is 12.3 Å². The third-order valence-corrected chi connectivity index (χ3v) is 12.1. The lowest BCUT2D eigenvalue weighted by Crippen LogP contribution is -2.69. The van der Waals surface area contributed by atoms with Crippen LogP contribution in [0.4, 0.5) is 0 Å². The molecule has 0 unspecified atom stereocenters. The van der Waals surface area contributed by atoms with Crippen LogP contribution in [0.25, 0.3) is 0 Å². The summed E-state index contributed by atoms with van der Waals surface area (Å²) in [7, 11) is 1.57. The Hall–Kier alpha value is -1.36. The van der Waals surface area contributed by atoms with E-state index in [2.05, 4.69) is 6.92 Å². The molecule has 39 heavy (non-hydrogen) atoms. The Morgan fingerprint density at radius 2 is 1.85 bits per heavy atom. The predicted octanol–water partition coefficient (Wildman–Crippen LogP) is 2.43. The molecule has 4 aliphatic carbocycles. The zero-order chi connectivity index (χ0) is 27.8. The van der Waals surface area contributed by atoms with Gasteiger partial charge in [0.2, 0.25) is 0 Å². The summed E-state index contributed by atoms with van der Waals surface area (Å²) in [4.78, 5) is 24.8. The number of methoxy groups -OCH3 is 1. The van der Waals surface area contributed by atoms with E-state index >= 15 is 0 Å². The minimum atomic E-state index is -1.21. The van der Waals surface area contributed by atoms with E-state index < -0.39 is 40.5 Å². The summed E-state index contributed by atoms with van der Waals surface area (Å²) in [6.07, 6.45) is 6.10. The molecule has 2 aliphatic heterocycles. The molecular weight excluding hydrogens is 504 g/mol. The van der Waals surface area contributed by atoms with Crippen LogP contribution < -0.4 is 0 Å². The average molecular weight is 549 g/mol. The van der Waals surface area contributed by atoms with Crippen LogP contribution in [-0.2, 0) is 28.5 Å². The lowest BCUT2D eigenvalue weighted by atomic mass is 9.41. The van der Waals surface area contributed by atoms with Gasteiger partial charge in [-0.05, 0) is 81.6 Å². The number of rotatable bonds is 5. The van der Waals surface area contributed by atoms with Gasteiger partial charge < -0.3 is 39.1 Å². The number of carbonyl (C=O) groups is 2. The molecule has 0 amide bonds. The summed E-state index contributed by atoms with van der Waals surface area (Å²) < 4.78 is 22.9. The van der Waals surface area contributed by atoms with Crippen LogP contribution in [0.2, 0.25) is 0 Å². The Morgan fingerprint density at radius 3 is 2.54 bits per heavy atom. The first-order valence-electron chi connectivity index (χ1n) is 14.8. The molecule has 0 aromatic rings. The van der Waals surface area contributed by atoms with Crippen LogP contribution in [0.1, 0.15) is 78.1 Å². The number of cyclic esters (lactones) is 1. The molecule has 1 saturated heterocycles. The molecule has 0 radical (unpaired) electrons. The van der Waals surface area contributed by atoms with Crippen molar-refractivity contribution in [2.75, 3.05) is 13.7 Å². The predicted molar refractivity (Wildman–Crippen MR) is 138 cm³/mol. The number of aldehydes is 1. The molecule has 9 nitrogen and oxygen atoms in total. The van der Waals surface area contributed by atoms with E-state index in [9.17, 15) is 24.9 Å². The van der Waals surface area contributed by atoms with Gasteiger partial charge in [0, 0.05) is 31.4 Å². The third kappa shape index (κ3) is 3.94. The summed E-state index contributed by atoms with van der Waals surface area (Å²) >= 11 is 0. The second-order valence-corrected chi connectivity index (χ2v) is 13.5. The zero-order valence-electron chi connectivity index (χ0n) is 23.3. The molecule has 0 bridgehead atoms. The first kappa shape index (κ1) is 27.8. The highest BCUT2D eigenvalue weighted by Gasteiger charge is 2.71. The van der Waals surface area contributed by atoms with E-state index in [4.69, 9.17) is 18.9 Å². The number of ether oxygens (including phenoxy) is 4. The maximum absolute atomic E-state index is 13.0. The highest BCUT2D eigenvalue weighted by atomic mass is 16.7. The number of fused-ring (bicyclic) bond motifs is 5. The monoisotopic (exact) mass is 548 g/mol. The maximum Gasteiger partial charge on any atom is 0.331 e. The van der Waals surface area contributed by atoms with Crippen molar-refractivity contribution < 1.29 is 43.9 Å². The van der Waals surface area contributed by atoms with E-state index in [-0.39, 0.29) is 35.9 Å². The summed E-state index contributed by atoms with van der Waals surface area (Å²) in [5.74, 6) is -0.420. The summed E-state index contributed by atoms with van der Waals surface area (Å²) in [5.41, 5.74) is -2.52. The van der Waals surface area contributed by atoms with Gasteiger partial charge in [0.1, 0.15) is 19.0 Å². The maximum atomic E-state index is 13.0. The van der Waals surface area contributed by atoms with Crippen molar-refractivity contribution in [2.45, 2.75) is 120 Å². The van der Waals surface area contributed by atoms with E-state index in [0.717, 1.165) is 31.1 Å². The average Bonchev–Trinajstić information content (AvgIpc) is 3.45. The molecule has 12 atom stereocenters.